The molecule has 4 nitrogen and oxygen atoms in total. The minimum absolute atomic E-state index is 0.0380. The lowest BCUT2D eigenvalue weighted by molar-refractivity contribution is 0.395. The van der Waals surface area contributed by atoms with Gasteiger partial charge in [0.05, 0.1) is 25.5 Å². The first-order valence-corrected chi connectivity index (χ1v) is 6.32. The van der Waals surface area contributed by atoms with Gasteiger partial charge in [0.2, 0.25) is 0 Å². The molecule has 0 unspecified atom stereocenters. The summed E-state index contributed by atoms with van der Waals surface area (Å²) < 4.78 is 23.7. The third kappa shape index (κ3) is 3.42. The molecule has 0 saturated heterocycles. The van der Waals surface area contributed by atoms with Gasteiger partial charge in [-0.05, 0) is 29.8 Å². The fourth-order valence-electron chi connectivity index (χ4n) is 1.91. The molecule has 0 amide bonds. The second kappa shape index (κ2) is 6.62. The number of anilines is 1. The molecule has 0 spiro atoms. The molecule has 0 atom stereocenters. The smallest absolute Gasteiger partial charge is 0.145 e. The summed E-state index contributed by atoms with van der Waals surface area (Å²) in [6.45, 7) is 0.456. The molecule has 0 bridgehead atoms. The Bertz CT molecular complexity index is 680. The summed E-state index contributed by atoms with van der Waals surface area (Å²) in [5.41, 5.74) is 1.64. The van der Waals surface area contributed by atoms with Crippen molar-refractivity contribution in [2.75, 3.05) is 19.5 Å². The normalized spacial score (nSPS) is 9.81. The Kier molecular flexibility index (Phi) is 4.62. The van der Waals surface area contributed by atoms with Crippen LogP contribution in [0.15, 0.2) is 36.4 Å². The number of nitriles is 1. The van der Waals surface area contributed by atoms with Crippen molar-refractivity contribution >= 4 is 5.69 Å². The number of rotatable bonds is 5. The molecule has 0 aliphatic carbocycles. The Balaban J connectivity index is 2.15. The van der Waals surface area contributed by atoms with Crippen LogP contribution in [0.1, 0.15) is 11.1 Å². The van der Waals surface area contributed by atoms with Gasteiger partial charge in [0.15, 0.2) is 0 Å². The highest BCUT2D eigenvalue weighted by molar-refractivity contribution is 5.59. The number of hydrogen-bond donors (Lipinski definition) is 1. The zero-order chi connectivity index (χ0) is 15.2. The van der Waals surface area contributed by atoms with Crippen LogP contribution in [0.5, 0.6) is 11.5 Å². The van der Waals surface area contributed by atoms with E-state index in [1.165, 1.54) is 12.1 Å². The number of hydrogen-bond acceptors (Lipinski definition) is 4. The minimum Gasteiger partial charge on any atom is -0.497 e. The van der Waals surface area contributed by atoms with Crippen LogP contribution < -0.4 is 14.8 Å². The monoisotopic (exact) mass is 286 g/mol. The third-order valence-electron chi connectivity index (χ3n) is 3.04. The summed E-state index contributed by atoms with van der Waals surface area (Å²) >= 11 is 0. The topological polar surface area (TPSA) is 54.3 Å². The number of halogens is 1. The van der Waals surface area contributed by atoms with Gasteiger partial charge in [-0.3, -0.25) is 0 Å². The molecule has 5 heteroatoms. The van der Waals surface area contributed by atoms with Crippen molar-refractivity contribution in [3.63, 3.8) is 0 Å². The van der Waals surface area contributed by atoms with Gasteiger partial charge in [-0.15, -0.1) is 0 Å². The van der Waals surface area contributed by atoms with Crippen LogP contribution in [-0.4, -0.2) is 14.2 Å². The van der Waals surface area contributed by atoms with E-state index in [0.29, 0.717) is 18.0 Å². The first-order valence-electron chi connectivity index (χ1n) is 6.32. The summed E-state index contributed by atoms with van der Waals surface area (Å²) in [7, 11) is 3.16. The quantitative estimate of drug-likeness (QED) is 0.916. The van der Waals surface area contributed by atoms with E-state index in [-0.39, 0.29) is 5.56 Å². The number of nitrogens with one attached hydrogen (secondary N) is 1. The van der Waals surface area contributed by atoms with E-state index in [1.807, 2.05) is 18.2 Å². The predicted molar refractivity (Wildman–Crippen MR) is 78.0 cm³/mol. The molecule has 0 radical (unpaired) electrons. The highest BCUT2D eigenvalue weighted by Gasteiger charge is 2.06. The molecule has 2 aromatic rings. The van der Waals surface area contributed by atoms with Crippen molar-refractivity contribution in [1.29, 1.82) is 5.26 Å². The minimum atomic E-state index is -0.511. The van der Waals surface area contributed by atoms with Crippen molar-refractivity contribution in [3.8, 4) is 17.6 Å². The summed E-state index contributed by atoms with van der Waals surface area (Å²) in [6, 6.07) is 11.7. The van der Waals surface area contributed by atoms with Crippen molar-refractivity contribution in [3.05, 3.63) is 53.3 Å². The van der Waals surface area contributed by atoms with Crippen LogP contribution in [0.3, 0.4) is 0 Å². The fourth-order valence-corrected chi connectivity index (χ4v) is 1.91. The Morgan fingerprint density at radius 1 is 1.14 bits per heavy atom. The zero-order valence-electron chi connectivity index (χ0n) is 11.8. The lowest BCUT2D eigenvalue weighted by Crippen LogP contribution is -2.02. The lowest BCUT2D eigenvalue weighted by atomic mass is 10.1. The summed E-state index contributed by atoms with van der Waals surface area (Å²) in [6.07, 6.45) is 0. The molecule has 0 fully saturated rings. The van der Waals surface area contributed by atoms with E-state index in [2.05, 4.69) is 5.32 Å². The summed E-state index contributed by atoms with van der Waals surface area (Å²) in [4.78, 5) is 0. The highest BCUT2D eigenvalue weighted by Crippen LogP contribution is 2.29. The zero-order valence-corrected chi connectivity index (χ0v) is 11.8. The van der Waals surface area contributed by atoms with E-state index < -0.39 is 5.82 Å². The van der Waals surface area contributed by atoms with Gasteiger partial charge in [-0.1, -0.05) is 6.07 Å². The van der Waals surface area contributed by atoms with E-state index in [0.717, 1.165) is 11.3 Å². The van der Waals surface area contributed by atoms with Crippen LogP contribution in [-0.2, 0) is 6.54 Å². The maximum atomic E-state index is 13.3. The van der Waals surface area contributed by atoms with E-state index in [4.69, 9.17) is 14.7 Å². The highest BCUT2D eigenvalue weighted by atomic mass is 19.1. The predicted octanol–water partition coefficient (Wildman–Crippen LogP) is 3.33. The summed E-state index contributed by atoms with van der Waals surface area (Å²) in [5, 5.41) is 12.0. The van der Waals surface area contributed by atoms with Crippen molar-refractivity contribution in [2.45, 2.75) is 6.54 Å². The van der Waals surface area contributed by atoms with Gasteiger partial charge in [0.1, 0.15) is 23.4 Å². The molecular weight excluding hydrogens is 271 g/mol. The first-order chi connectivity index (χ1) is 10.2. The Morgan fingerprint density at radius 2 is 1.95 bits per heavy atom. The lowest BCUT2D eigenvalue weighted by Gasteiger charge is -2.12. The molecule has 0 aliphatic heterocycles. The Hall–Kier alpha value is -2.74. The standard InChI is InChI=1S/C16H15FN2O2/c1-20-13-4-6-15(16(8-13)21-2)19-10-11-3-5-14(17)12(7-11)9-18/h3-8,19H,10H2,1-2H3. The second-order valence-electron chi connectivity index (χ2n) is 4.35. The molecule has 108 valence electrons. The third-order valence-corrected chi connectivity index (χ3v) is 3.04. The van der Waals surface area contributed by atoms with Gasteiger partial charge in [-0.2, -0.15) is 5.26 Å². The van der Waals surface area contributed by atoms with Crippen LogP contribution in [0.4, 0.5) is 10.1 Å². The van der Waals surface area contributed by atoms with Crippen LogP contribution >= 0.6 is 0 Å². The van der Waals surface area contributed by atoms with E-state index in [1.54, 1.807) is 26.4 Å². The van der Waals surface area contributed by atoms with Gasteiger partial charge in [-0.25, -0.2) is 4.39 Å². The summed E-state index contributed by atoms with van der Waals surface area (Å²) in [5.74, 6) is 0.839. The van der Waals surface area contributed by atoms with Crippen LogP contribution in [0, 0.1) is 17.1 Å². The average molecular weight is 286 g/mol. The van der Waals surface area contributed by atoms with Gasteiger partial charge < -0.3 is 14.8 Å². The Morgan fingerprint density at radius 3 is 2.62 bits per heavy atom. The van der Waals surface area contributed by atoms with Gasteiger partial charge in [0, 0.05) is 12.6 Å². The number of ether oxygens (including phenoxy) is 2. The van der Waals surface area contributed by atoms with Crippen molar-refractivity contribution < 1.29 is 13.9 Å². The molecule has 0 saturated carbocycles. The number of benzene rings is 2. The first kappa shape index (κ1) is 14.7. The molecule has 2 rings (SSSR count). The SMILES string of the molecule is COc1ccc(NCc2ccc(F)c(C#N)c2)c(OC)c1. The largest absolute Gasteiger partial charge is 0.497 e. The maximum absolute atomic E-state index is 13.3. The molecular formula is C16H15FN2O2. The molecule has 0 aromatic heterocycles. The second-order valence-corrected chi connectivity index (χ2v) is 4.35. The molecule has 2 aromatic carbocycles. The average Bonchev–Trinajstić information content (AvgIpc) is 2.53. The van der Waals surface area contributed by atoms with Gasteiger partial charge in [0.25, 0.3) is 0 Å². The van der Waals surface area contributed by atoms with Crippen molar-refractivity contribution in [1.82, 2.24) is 0 Å². The molecule has 0 heterocycles. The van der Waals surface area contributed by atoms with E-state index in [9.17, 15) is 4.39 Å². The number of methoxy groups -OCH3 is 2. The van der Waals surface area contributed by atoms with Crippen LogP contribution in [0.25, 0.3) is 0 Å². The van der Waals surface area contributed by atoms with Crippen LogP contribution in [0.2, 0.25) is 0 Å². The van der Waals surface area contributed by atoms with Crippen molar-refractivity contribution in [2.24, 2.45) is 0 Å². The van der Waals surface area contributed by atoms with E-state index >= 15 is 0 Å². The van der Waals surface area contributed by atoms with Gasteiger partial charge >= 0.3 is 0 Å². The molecule has 0 aliphatic rings. The number of nitrogens with zero attached hydrogens (tertiary/aromatic N) is 1. The Labute approximate surface area is 122 Å². The molecule has 21 heavy (non-hydrogen) atoms. The maximum Gasteiger partial charge on any atom is 0.145 e. The fraction of sp³-hybridized carbons (Fsp3) is 0.188. The molecule has 1 N–H and O–H groups in total.